The van der Waals surface area contributed by atoms with Gasteiger partial charge in [0.1, 0.15) is 6.61 Å². The van der Waals surface area contributed by atoms with Gasteiger partial charge in [-0.15, -0.1) is 0 Å². The first-order valence-corrected chi connectivity index (χ1v) is 22.1. The van der Waals surface area contributed by atoms with Crippen LogP contribution in [0.15, 0.2) is 121 Å². The van der Waals surface area contributed by atoms with E-state index in [2.05, 4.69) is 121 Å². The Morgan fingerprint density at radius 2 is 1.37 bits per heavy atom. The van der Waals surface area contributed by atoms with Crippen molar-refractivity contribution in [3.8, 4) is 11.8 Å². The summed E-state index contributed by atoms with van der Waals surface area (Å²) in [6, 6.07) is 32.8. The largest absolute Gasteiger partial charge is 0.382 e. The summed E-state index contributed by atoms with van der Waals surface area (Å²) in [4.78, 5) is 30.3. The second kappa shape index (κ2) is 21.0. The predicted molar refractivity (Wildman–Crippen MR) is 250 cm³/mol. The number of carbonyl (C=O) groups excluding carboxylic acids is 2. The lowest BCUT2D eigenvalue weighted by Gasteiger charge is -2.27. The van der Waals surface area contributed by atoms with E-state index < -0.39 is 0 Å². The molecule has 0 aliphatic carbocycles. The zero-order chi connectivity index (χ0) is 44.2. The molecule has 0 radical (unpaired) electrons. The average molecular weight is 850 g/mol. The lowest BCUT2D eigenvalue weighted by Crippen LogP contribution is -2.35. The van der Waals surface area contributed by atoms with Crippen LogP contribution in [0.5, 0.6) is 0 Å². The zero-order valence-corrected chi connectivity index (χ0v) is 37.5. The molecule has 2 amide bonds. The Balaban J connectivity index is 0.876. The first-order chi connectivity index (χ1) is 30.6. The molecule has 4 aromatic carbocycles. The predicted octanol–water partition coefficient (Wildman–Crippen LogP) is 7.84. The van der Waals surface area contributed by atoms with E-state index in [9.17, 15) is 9.59 Å². The molecule has 328 valence electrons. The zero-order valence-electron chi connectivity index (χ0n) is 37.5. The van der Waals surface area contributed by atoms with E-state index in [-0.39, 0.29) is 48.6 Å². The van der Waals surface area contributed by atoms with Crippen molar-refractivity contribution in [2.24, 2.45) is 0 Å². The maximum Gasteiger partial charge on any atom is 0.229 e. The molecule has 1 N–H and O–H groups in total. The van der Waals surface area contributed by atoms with Crippen LogP contribution in [-0.2, 0) is 45.9 Å². The fourth-order valence-corrected chi connectivity index (χ4v) is 8.78. The quantitative estimate of drug-likeness (QED) is 0.0551. The smallest absolute Gasteiger partial charge is 0.229 e. The number of anilines is 2. The number of benzene rings is 4. The first kappa shape index (κ1) is 45.2. The van der Waals surface area contributed by atoms with E-state index in [1.54, 1.807) is 12.0 Å². The summed E-state index contributed by atoms with van der Waals surface area (Å²) in [6.45, 7) is 14.6. The highest BCUT2D eigenvalue weighted by atomic mass is 16.5. The molecule has 3 heterocycles. The van der Waals surface area contributed by atoms with Crippen molar-refractivity contribution in [3.63, 3.8) is 0 Å². The number of rotatable bonds is 20. The third-order valence-corrected chi connectivity index (χ3v) is 12.1. The van der Waals surface area contributed by atoms with E-state index in [0.29, 0.717) is 52.7 Å². The van der Waals surface area contributed by atoms with Crippen molar-refractivity contribution in [1.82, 2.24) is 5.32 Å². The Labute approximate surface area is 373 Å². The summed E-state index contributed by atoms with van der Waals surface area (Å²) >= 11 is 0. The molecular formula is C53H61N4O6+. The molecule has 10 heteroatoms. The highest BCUT2D eigenvalue weighted by Gasteiger charge is 2.44. The molecular weight excluding hydrogens is 789 g/mol. The van der Waals surface area contributed by atoms with Crippen LogP contribution in [-0.4, -0.2) is 95.1 Å². The van der Waals surface area contributed by atoms with Crippen LogP contribution in [0.25, 0.3) is 0 Å². The minimum absolute atomic E-state index is 0.0731. The fraction of sp³-hybridized carbons (Fsp3) is 0.377. The second-order valence-electron chi connectivity index (χ2n) is 17.0. The van der Waals surface area contributed by atoms with Gasteiger partial charge >= 0.3 is 0 Å². The van der Waals surface area contributed by atoms with Crippen molar-refractivity contribution in [3.05, 3.63) is 149 Å². The number of carbonyl (C=O) groups is 2. The van der Waals surface area contributed by atoms with Gasteiger partial charge in [0, 0.05) is 78.7 Å². The van der Waals surface area contributed by atoms with Crippen molar-refractivity contribution in [1.29, 1.82) is 0 Å². The lowest BCUT2D eigenvalue weighted by molar-refractivity contribution is -0.442. The van der Waals surface area contributed by atoms with Crippen LogP contribution in [0.1, 0.15) is 68.4 Å². The van der Waals surface area contributed by atoms with Gasteiger partial charge in [0.25, 0.3) is 0 Å². The minimum Gasteiger partial charge on any atom is -0.382 e. The normalized spacial score (nSPS) is 16.2. The molecule has 0 unspecified atom stereocenters. The van der Waals surface area contributed by atoms with Crippen LogP contribution in [0.3, 0.4) is 0 Å². The molecule has 0 spiro atoms. The fourth-order valence-electron chi connectivity index (χ4n) is 8.78. The van der Waals surface area contributed by atoms with Crippen molar-refractivity contribution >= 4 is 34.6 Å². The van der Waals surface area contributed by atoms with E-state index in [4.69, 9.17) is 18.9 Å². The summed E-state index contributed by atoms with van der Waals surface area (Å²) < 4.78 is 25.3. The molecule has 7 rings (SSSR count). The molecule has 3 aliphatic heterocycles. The van der Waals surface area contributed by atoms with Crippen LogP contribution in [0.2, 0.25) is 0 Å². The monoisotopic (exact) mass is 849 g/mol. The average Bonchev–Trinajstić information content (AvgIpc) is 3.63. The van der Waals surface area contributed by atoms with Gasteiger partial charge in [-0.3, -0.25) is 9.59 Å². The van der Waals surface area contributed by atoms with Gasteiger partial charge in [-0.1, -0.05) is 98.5 Å². The number of hydrogen-bond donors (Lipinski definition) is 1. The Kier molecular flexibility index (Phi) is 15.1. The Morgan fingerprint density at radius 1 is 0.714 bits per heavy atom. The minimum atomic E-state index is -0.204. The molecule has 0 aromatic heterocycles. The SMILES string of the molecule is COCCOCC[N+]1=C(/C=C/C=C2/N(CCOCCOCCC(=O)NCCC(=O)N3Cc4ccccc4C#Cc4ccccc43)c3ccccc3C2(C)C)C(C)(C)c2ccccc21. The van der Waals surface area contributed by atoms with E-state index in [1.165, 1.54) is 33.9 Å². The Bertz CT molecular complexity index is 2420. The molecule has 0 saturated carbocycles. The highest BCUT2D eigenvalue weighted by Crippen LogP contribution is 2.47. The molecule has 10 nitrogen and oxygen atoms in total. The van der Waals surface area contributed by atoms with Crippen molar-refractivity contribution < 1.29 is 33.1 Å². The van der Waals surface area contributed by atoms with Crippen molar-refractivity contribution in [2.75, 3.05) is 82.8 Å². The van der Waals surface area contributed by atoms with Gasteiger partial charge in [0.15, 0.2) is 12.3 Å². The number of nitrogens with zero attached hydrogens (tertiary/aromatic N) is 3. The van der Waals surface area contributed by atoms with E-state index in [0.717, 1.165) is 28.9 Å². The van der Waals surface area contributed by atoms with Gasteiger partial charge in [-0.25, -0.2) is 0 Å². The van der Waals surface area contributed by atoms with Crippen LogP contribution < -0.4 is 15.1 Å². The standard InChI is InChI=1S/C53H60N4O6/c1-52(2)43-18-9-12-21-46(43)55(30-33-62-36-35-60-5)48(52)23-14-24-49-53(3,4)44-19-10-13-22-47(44)56(49)31-34-63-38-37-61-32-28-50(58)54-29-27-51(59)57-39-42-17-7-6-15-40(42)25-26-41-16-8-11-20-45(41)57/h6-24H,27-39H2,1-5H3/p+1. The van der Waals surface area contributed by atoms with Gasteiger partial charge in [0.2, 0.25) is 17.5 Å². The number of para-hydroxylation sites is 3. The Morgan fingerprint density at radius 3 is 2.17 bits per heavy atom. The molecule has 63 heavy (non-hydrogen) atoms. The molecule has 0 bridgehead atoms. The summed E-state index contributed by atoms with van der Waals surface area (Å²) in [6.07, 6.45) is 7.09. The van der Waals surface area contributed by atoms with Crippen LogP contribution in [0, 0.1) is 11.8 Å². The summed E-state index contributed by atoms with van der Waals surface area (Å²) in [5.41, 5.74) is 10.6. The van der Waals surface area contributed by atoms with E-state index in [1.807, 2.05) is 48.5 Å². The number of fused-ring (bicyclic) bond motifs is 4. The number of ether oxygens (including phenoxy) is 4. The highest BCUT2D eigenvalue weighted by molar-refractivity contribution is 6.03. The number of nitrogens with one attached hydrogen (secondary N) is 1. The third kappa shape index (κ3) is 10.5. The molecule has 0 saturated heterocycles. The maximum absolute atomic E-state index is 13.5. The van der Waals surface area contributed by atoms with Crippen molar-refractivity contribution in [2.45, 2.75) is 57.9 Å². The lowest BCUT2D eigenvalue weighted by atomic mass is 9.81. The number of methoxy groups -OCH3 is 1. The third-order valence-electron chi connectivity index (χ3n) is 12.1. The first-order valence-electron chi connectivity index (χ1n) is 22.1. The second-order valence-corrected chi connectivity index (χ2v) is 17.0. The van der Waals surface area contributed by atoms with Gasteiger partial charge < -0.3 is 34.1 Å². The number of amides is 2. The van der Waals surface area contributed by atoms with Gasteiger partial charge in [0.05, 0.1) is 57.3 Å². The summed E-state index contributed by atoms with van der Waals surface area (Å²) in [5, 5.41) is 2.89. The Hall–Kier alpha value is -5.83. The molecule has 3 aliphatic rings. The van der Waals surface area contributed by atoms with Crippen LogP contribution in [0.4, 0.5) is 17.1 Å². The van der Waals surface area contributed by atoms with Gasteiger partial charge in [-0.05, 0) is 55.3 Å². The molecule has 0 fully saturated rings. The molecule has 0 atom stereocenters. The topological polar surface area (TPSA) is 92.6 Å². The summed E-state index contributed by atoms with van der Waals surface area (Å²) in [5.74, 6) is 6.24. The number of allylic oxidation sites excluding steroid dienone is 4. The molecule has 4 aromatic rings. The summed E-state index contributed by atoms with van der Waals surface area (Å²) in [7, 11) is 1.69. The van der Waals surface area contributed by atoms with Crippen LogP contribution >= 0.6 is 0 Å². The number of hydrogen-bond acceptors (Lipinski definition) is 7. The van der Waals surface area contributed by atoms with E-state index >= 15 is 0 Å². The maximum atomic E-state index is 13.5. The van der Waals surface area contributed by atoms with Gasteiger partial charge in [-0.2, -0.15) is 4.58 Å².